The highest BCUT2D eigenvalue weighted by atomic mass is 16.5. The highest BCUT2D eigenvalue weighted by molar-refractivity contribution is 5.37. The molecule has 1 aromatic carbocycles. The Morgan fingerprint density at radius 2 is 1.90 bits per heavy atom. The Labute approximate surface area is 120 Å². The summed E-state index contributed by atoms with van der Waals surface area (Å²) in [5.41, 5.74) is 3.55. The topological polar surface area (TPSA) is 34.1 Å². The normalized spacial score (nSPS) is 14.3. The predicted octanol–water partition coefficient (Wildman–Crippen LogP) is 3.74. The minimum absolute atomic E-state index is 0.695. The zero-order chi connectivity index (χ0) is 13.9. The van der Waals surface area contributed by atoms with E-state index in [4.69, 9.17) is 4.74 Å². The van der Waals surface area contributed by atoms with E-state index in [0.29, 0.717) is 6.04 Å². The van der Waals surface area contributed by atoms with Crippen LogP contribution in [0.3, 0.4) is 0 Å². The molecule has 0 aliphatic heterocycles. The van der Waals surface area contributed by atoms with Crippen LogP contribution in [0.4, 0.5) is 0 Å². The Kier molecular flexibility index (Phi) is 3.70. The third kappa shape index (κ3) is 3.36. The molecular weight excluding hydrogens is 248 g/mol. The van der Waals surface area contributed by atoms with E-state index in [1.165, 1.54) is 24.0 Å². The van der Waals surface area contributed by atoms with Crippen molar-refractivity contribution in [3.63, 3.8) is 0 Å². The van der Waals surface area contributed by atoms with Gasteiger partial charge in [0, 0.05) is 24.8 Å². The van der Waals surface area contributed by atoms with Crippen LogP contribution >= 0.6 is 0 Å². The van der Waals surface area contributed by atoms with Crippen molar-refractivity contribution in [3.8, 4) is 11.5 Å². The van der Waals surface area contributed by atoms with E-state index in [0.717, 1.165) is 23.7 Å². The smallest absolute Gasteiger partial charge is 0.130 e. The van der Waals surface area contributed by atoms with Crippen LogP contribution in [0.2, 0.25) is 0 Å². The summed E-state index contributed by atoms with van der Waals surface area (Å²) in [6, 6.07) is 10.8. The Morgan fingerprint density at radius 3 is 2.65 bits per heavy atom. The van der Waals surface area contributed by atoms with Crippen LogP contribution in [0, 0.1) is 13.8 Å². The summed E-state index contributed by atoms with van der Waals surface area (Å²) >= 11 is 0. The number of hydrogen-bond acceptors (Lipinski definition) is 3. The van der Waals surface area contributed by atoms with Crippen molar-refractivity contribution in [3.05, 3.63) is 53.3 Å². The molecule has 3 heteroatoms. The van der Waals surface area contributed by atoms with E-state index in [2.05, 4.69) is 36.3 Å². The van der Waals surface area contributed by atoms with Crippen molar-refractivity contribution in [2.75, 3.05) is 0 Å². The Hall–Kier alpha value is -1.87. The van der Waals surface area contributed by atoms with E-state index in [1.807, 2.05) is 18.2 Å². The SMILES string of the molecule is Cc1ccc(Oc2ccnc(CNC3CC3)c2)cc1C. The molecule has 2 aromatic rings. The number of aryl methyl sites for hydroxylation is 2. The van der Waals surface area contributed by atoms with Crippen molar-refractivity contribution in [2.24, 2.45) is 0 Å². The van der Waals surface area contributed by atoms with Crippen molar-refractivity contribution in [1.29, 1.82) is 0 Å². The highest BCUT2D eigenvalue weighted by Gasteiger charge is 2.20. The fraction of sp³-hybridized carbons (Fsp3) is 0.353. The van der Waals surface area contributed by atoms with Crippen LogP contribution in [0.25, 0.3) is 0 Å². The van der Waals surface area contributed by atoms with Crippen LogP contribution in [0.1, 0.15) is 29.7 Å². The summed E-state index contributed by atoms with van der Waals surface area (Å²) in [5.74, 6) is 1.72. The molecule has 0 spiro atoms. The molecule has 0 radical (unpaired) electrons. The lowest BCUT2D eigenvalue weighted by molar-refractivity contribution is 0.479. The molecule has 1 aromatic heterocycles. The van der Waals surface area contributed by atoms with Crippen molar-refractivity contribution < 1.29 is 4.74 Å². The Bertz CT molecular complexity index is 606. The van der Waals surface area contributed by atoms with Crippen LogP contribution in [0.5, 0.6) is 11.5 Å². The van der Waals surface area contributed by atoms with Gasteiger partial charge in [-0.3, -0.25) is 4.98 Å². The summed E-state index contributed by atoms with van der Waals surface area (Å²) in [6.45, 7) is 5.02. The van der Waals surface area contributed by atoms with E-state index in [-0.39, 0.29) is 0 Å². The molecule has 104 valence electrons. The van der Waals surface area contributed by atoms with Crippen LogP contribution in [-0.4, -0.2) is 11.0 Å². The summed E-state index contributed by atoms with van der Waals surface area (Å²) in [4.78, 5) is 4.37. The fourth-order valence-electron chi connectivity index (χ4n) is 2.07. The third-order valence-electron chi connectivity index (χ3n) is 3.65. The molecule has 20 heavy (non-hydrogen) atoms. The molecule has 1 saturated carbocycles. The number of rotatable bonds is 5. The second kappa shape index (κ2) is 5.63. The lowest BCUT2D eigenvalue weighted by atomic mass is 10.1. The standard InChI is InChI=1S/C17H20N2O/c1-12-3-6-16(9-13(12)2)20-17-7-8-18-15(10-17)11-19-14-4-5-14/h3,6-10,14,19H,4-5,11H2,1-2H3. The fourth-order valence-corrected chi connectivity index (χ4v) is 2.07. The molecule has 1 heterocycles. The number of benzene rings is 1. The van der Waals surface area contributed by atoms with E-state index >= 15 is 0 Å². The monoisotopic (exact) mass is 268 g/mol. The lowest BCUT2D eigenvalue weighted by Gasteiger charge is -2.09. The molecule has 0 atom stereocenters. The molecule has 0 amide bonds. The van der Waals surface area contributed by atoms with Crippen LogP contribution < -0.4 is 10.1 Å². The number of aromatic nitrogens is 1. The maximum Gasteiger partial charge on any atom is 0.130 e. The molecule has 1 N–H and O–H groups in total. The van der Waals surface area contributed by atoms with Crippen LogP contribution in [-0.2, 0) is 6.54 Å². The largest absolute Gasteiger partial charge is 0.457 e. The van der Waals surface area contributed by atoms with Crippen molar-refractivity contribution in [1.82, 2.24) is 10.3 Å². The summed E-state index contributed by atoms with van der Waals surface area (Å²) in [5, 5.41) is 3.46. The minimum atomic E-state index is 0.695. The van der Waals surface area contributed by atoms with Gasteiger partial charge in [0.05, 0.1) is 5.69 Å². The van der Waals surface area contributed by atoms with Gasteiger partial charge in [0.2, 0.25) is 0 Å². The first-order chi connectivity index (χ1) is 9.70. The summed E-state index contributed by atoms with van der Waals surface area (Å²) in [6.07, 6.45) is 4.39. The van der Waals surface area contributed by atoms with Gasteiger partial charge in [-0.1, -0.05) is 6.07 Å². The third-order valence-corrected chi connectivity index (χ3v) is 3.65. The van der Waals surface area contributed by atoms with E-state index < -0.39 is 0 Å². The Morgan fingerprint density at radius 1 is 1.10 bits per heavy atom. The maximum absolute atomic E-state index is 5.91. The van der Waals surface area contributed by atoms with Gasteiger partial charge < -0.3 is 10.1 Å². The molecule has 0 bridgehead atoms. The first-order valence-electron chi connectivity index (χ1n) is 7.14. The maximum atomic E-state index is 5.91. The Balaban J connectivity index is 1.69. The summed E-state index contributed by atoms with van der Waals surface area (Å²) in [7, 11) is 0. The summed E-state index contributed by atoms with van der Waals surface area (Å²) < 4.78 is 5.91. The van der Waals surface area contributed by atoms with Crippen molar-refractivity contribution >= 4 is 0 Å². The lowest BCUT2D eigenvalue weighted by Crippen LogP contribution is -2.16. The molecule has 3 rings (SSSR count). The first-order valence-corrected chi connectivity index (χ1v) is 7.14. The molecule has 0 saturated heterocycles. The molecule has 3 nitrogen and oxygen atoms in total. The molecule has 1 aliphatic carbocycles. The number of ether oxygens (including phenoxy) is 1. The first kappa shape index (κ1) is 13.1. The van der Waals surface area contributed by atoms with Gasteiger partial charge in [-0.25, -0.2) is 0 Å². The second-order valence-corrected chi connectivity index (χ2v) is 5.49. The van der Waals surface area contributed by atoms with Gasteiger partial charge in [-0.2, -0.15) is 0 Å². The zero-order valence-corrected chi connectivity index (χ0v) is 12.0. The number of nitrogens with zero attached hydrogens (tertiary/aromatic N) is 1. The number of pyridine rings is 1. The molecule has 1 fully saturated rings. The zero-order valence-electron chi connectivity index (χ0n) is 12.0. The number of hydrogen-bond donors (Lipinski definition) is 1. The average molecular weight is 268 g/mol. The van der Waals surface area contributed by atoms with Gasteiger partial charge in [-0.15, -0.1) is 0 Å². The van der Waals surface area contributed by atoms with E-state index in [9.17, 15) is 0 Å². The highest BCUT2D eigenvalue weighted by Crippen LogP contribution is 2.24. The van der Waals surface area contributed by atoms with Gasteiger partial charge >= 0.3 is 0 Å². The molecular formula is C17H20N2O. The quantitative estimate of drug-likeness (QED) is 0.897. The average Bonchev–Trinajstić information content (AvgIpc) is 3.25. The van der Waals surface area contributed by atoms with Crippen molar-refractivity contribution in [2.45, 2.75) is 39.3 Å². The van der Waals surface area contributed by atoms with Gasteiger partial charge in [0.15, 0.2) is 0 Å². The minimum Gasteiger partial charge on any atom is -0.457 e. The van der Waals surface area contributed by atoms with Crippen LogP contribution in [0.15, 0.2) is 36.5 Å². The number of nitrogens with one attached hydrogen (secondary N) is 1. The van der Waals surface area contributed by atoms with Gasteiger partial charge in [0.25, 0.3) is 0 Å². The molecule has 0 unspecified atom stereocenters. The second-order valence-electron chi connectivity index (χ2n) is 5.49. The predicted molar refractivity (Wildman–Crippen MR) is 80.1 cm³/mol. The van der Waals surface area contributed by atoms with Gasteiger partial charge in [-0.05, 0) is 56.0 Å². The molecule has 1 aliphatic rings. The van der Waals surface area contributed by atoms with E-state index in [1.54, 1.807) is 6.20 Å². The van der Waals surface area contributed by atoms with Gasteiger partial charge in [0.1, 0.15) is 11.5 Å².